The number of hydrogen-bond donors (Lipinski definition) is 2. The molecule has 1 aliphatic rings. The third-order valence-electron chi connectivity index (χ3n) is 5.81. The van der Waals surface area contributed by atoms with Gasteiger partial charge in [-0.05, 0) is 40.4 Å². The number of ether oxygens (including phenoxy) is 2. The quantitative estimate of drug-likeness (QED) is 0.628. The molecule has 2 aromatic rings. The first-order valence-corrected chi connectivity index (χ1v) is 9.43. The largest absolute Gasteiger partial charge is 0.492 e. The lowest BCUT2D eigenvalue weighted by molar-refractivity contribution is 0.0521. The molecule has 144 valence electrons. The topological polar surface area (TPSA) is 58.9 Å². The molecule has 3 rings (SSSR count). The van der Waals surface area contributed by atoms with Crippen LogP contribution in [0.25, 0.3) is 11.1 Å². The zero-order valence-electron chi connectivity index (χ0n) is 16.9. The summed E-state index contributed by atoms with van der Waals surface area (Å²) in [5, 5.41) is 19.5. The number of fused-ring (bicyclic) bond motifs is 1. The maximum absolute atomic E-state index is 9.75. The van der Waals surface area contributed by atoms with E-state index in [0.717, 1.165) is 17.5 Å². The molecule has 1 aliphatic carbocycles. The van der Waals surface area contributed by atoms with Gasteiger partial charge in [-0.15, -0.1) is 0 Å². The molecule has 0 radical (unpaired) electrons. The molecule has 2 aromatic carbocycles. The fourth-order valence-electron chi connectivity index (χ4n) is 4.02. The summed E-state index contributed by atoms with van der Waals surface area (Å²) < 4.78 is 10.8. The molecule has 5 heteroatoms. The molecule has 0 atom stereocenters. The van der Waals surface area contributed by atoms with Crippen molar-refractivity contribution < 1.29 is 19.5 Å². The van der Waals surface area contributed by atoms with Crippen LogP contribution in [-0.2, 0) is 15.6 Å². The van der Waals surface area contributed by atoms with Gasteiger partial charge in [0.05, 0.1) is 0 Å². The van der Waals surface area contributed by atoms with E-state index < -0.39 is 7.12 Å². The molecule has 0 fully saturated rings. The van der Waals surface area contributed by atoms with Crippen molar-refractivity contribution in [1.82, 2.24) is 0 Å². The van der Waals surface area contributed by atoms with E-state index in [9.17, 15) is 10.0 Å². The van der Waals surface area contributed by atoms with Gasteiger partial charge in [0.1, 0.15) is 5.75 Å². The lowest BCUT2D eigenvalue weighted by atomic mass is 9.63. The molecular weight excluding hydrogens is 339 g/mol. The van der Waals surface area contributed by atoms with Crippen LogP contribution in [0, 0.1) is 0 Å². The van der Waals surface area contributed by atoms with E-state index >= 15 is 0 Å². The highest BCUT2D eigenvalue weighted by Crippen LogP contribution is 2.47. The molecule has 0 saturated heterocycles. The summed E-state index contributed by atoms with van der Waals surface area (Å²) in [6.45, 7) is 9.23. The highest BCUT2D eigenvalue weighted by Gasteiger charge is 2.37. The van der Waals surface area contributed by atoms with Gasteiger partial charge in [0.15, 0.2) is 6.79 Å². The van der Waals surface area contributed by atoms with Gasteiger partial charge >= 0.3 is 7.12 Å². The van der Waals surface area contributed by atoms with Crippen LogP contribution in [0.2, 0.25) is 0 Å². The number of rotatable bonds is 5. The summed E-state index contributed by atoms with van der Waals surface area (Å²) in [6.07, 6.45) is 2.31. The fraction of sp³-hybridized carbons (Fsp3) is 0.455. The van der Waals surface area contributed by atoms with E-state index in [4.69, 9.17) is 9.47 Å². The van der Waals surface area contributed by atoms with Gasteiger partial charge in [-0.2, -0.15) is 0 Å². The Morgan fingerprint density at radius 2 is 1.63 bits per heavy atom. The van der Waals surface area contributed by atoms with Crippen molar-refractivity contribution in [2.75, 3.05) is 13.9 Å². The predicted molar refractivity (Wildman–Crippen MR) is 109 cm³/mol. The molecular formula is C22H29BO4. The average molecular weight is 368 g/mol. The molecule has 27 heavy (non-hydrogen) atoms. The Labute approximate surface area is 162 Å². The summed E-state index contributed by atoms with van der Waals surface area (Å²) in [7, 11) is -0.0638. The first kappa shape index (κ1) is 19.9. The number of benzene rings is 2. The highest BCUT2D eigenvalue weighted by atomic mass is 16.7. The van der Waals surface area contributed by atoms with Crippen LogP contribution in [0.1, 0.15) is 51.7 Å². The second-order valence-corrected chi connectivity index (χ2v) is 8.68. The van der Waals surface area contributed by atoms with Crippen molar-refractivity contribution in [3.8, 4) is 16.9 Å². The Morgan fingerprint density at radius 1 is 0.963 bits per heavy atom. The Balaban J connectivity index is 2.17. The minimum Gasteiger partial charge on any atom is -0.467 e. The van der Waals surface area contributed by atoms with E-state index in [2.05, 4.69) is 45.9 Å². The summed E-state index contributed by atoms with van der Waals surface area (Å²) in [5.74, 6) is 0.446. The summed E-state index contributed by atoms with van der Waals surface area (Å²) in [6, 6.07) is 12.0. The Hall–Kier alpha value is -1.82. The molecule has 0 bridgehead atoms. The molecule has 2 N–H and O–H groups in total. The summed E-state index contributed by atoms with van der Waals surface area (Å²) in [4.78, 5) is 0. The van der Waals surface area contributed by atoms with E-state index in [0.29, 0.717) is 11.2 Å². The van der Waals surface area contributed by atoms with Crippen LogP contribution in [0.3, 0.4) is 0 Å². The molecule has 0 unspecified atom stereocenters. The van der Waals surface area contributed by atoms with E-state index in [1.807, 2.05) is 12.1 Å². The Morgan fingerprint density at radius 3 is 2.26 bits per heavy atom. The Kier molecular flexibility index (Phi) is 5.39. The maximum Gasteiger partial charge on any atom is 0.492 e. The van der Waals surface area contributed by atoms with Crippen molar-refractivity contribution in [2.45, 2.75) is 51.4 Å². The average Bonchev–Trinajstić information content (AvgIpc) is 2.63. The molecule has 0 saturated carbocycles. The SMILES string of the molecule is COCOc1c(B(O)O)cccc1-c1ccc2c(c1)C(C)(C)CCC2(C)C. The first-order valence-electron chi connectivity index (χ1n) is 9.43. The molecule has 0 amide bonds. The van der Waals surface area contributed by atoms with E-state index in [1.165, 1.54) is 17.5 Å². The van der Waals surface area contributed by atoms with Crippen LogP contribution in [0.15, 0.2) is 36.4 Å². The fourth-order valence-corrected chi connectivity index (χ4v) is 4.02. The minimum absolute atomic E-state index is 0.0419. The van der Waals surface area contributed by atoms with Gasteiger partial charge in [-0.1, -0.05) is 64.1 Å². The third kappa shape index (κ3) is 3.77. The van der Waals surface area contributed by atoms with Gasteiger partial charge < -0.3 is 19.5 Å². The van der Waals surface area contributed by atoms with Crippen molar-refractivity contribution in [2.24, 2.45) is 0 Å². The number of methoxy groups -OCH3 is 1. The zero-order chi connectivity index (χ0) is 19.8. The number of para-hydroxylation sites is 1. The van der Waals surface area contributed by atoms with Gasteiger partial charge in [-0.25, -0.2) is 0 Å². The highest BCUT2D eigenvalue weighted by molar-refractivity contribution is 6.60. The normalized spacial score (nSPS) is 17.3. The van der Waals surface area contributed by atoms with Crippen molar-refractivity contribution in [3.05, 3.63) is 47.5 Å². The van der Waals surface area contributed by atoms with Crippen molar-refractivity contribution in [3.63, 3.8) is 0 Å². The second kappa shape index (κ2) is 7.31. The second-order valence-electron chi connectivity index (χ2n) is 8.68. The third-order valence-corrected chi connectivity index (χ3v) is 5.81. The van der Waals surface area contributed by atoms with Crippen LogP contribution >= 0.6 is 0 Å². The lowest BCUT2D eigenvalue weighted by Gasteiger charge is -2.42. The smallest absolute Gasteiger partial charge is 0.467 e. The first-order chi connectivity index (χ1) is 12.7. The monoisotopic (exact) mass is 368 g/mol. The predicted octanol–water partition coefficient (Wildman–Crippen LogP) is 3.37. The van der Waals surface area contributed by atoms with E-state index in [-0.39, 0.29) is 17.6 Å². The molecule has 0 aliphatic heterocycles. The number of hydrogen-bond acceptors (Lipinski definition) is 4. The molecule has 4 nitrogen and oxygen atoms in total. The summed E-state index contributed by atoms with van der Waals surface area (Å²) in [5.41, 5.74) is 5.17. The van der Waals surface area contributed by atoms with E-state index in [1.54, 1.807) is 13.2 Å². The van der Waals surface area contributed by atoms with Gasteiger partial charge in [0.25, 0.3) is 0 Å². The Bertz CT molecular complexity index is 827. The maximum atomic E-state index is 9.75. The zero-order valence-corrected chi connectivity index (χ0v) is 16.9. The van der Waals surface area contributed by atoms with Crippen molar-refractivity contribution >= 4 is 12.6 Å². The van der Waals surface area contributed by atoms with Crippen LogP contribution < -0.4 is 10.2 Å². The standard InChI is InChI=1S/C22H29BO4/c1-21(2)11-12-22(3,4)18-13-15(9-10-17(18)21)16-7-6-8-19(23(24)25)20(16)27-14-26-5/h6-10,13,24-25H,11-12,14H2,1-5H3. The van der Waals surface area contributed by atoms with Crippen LogP contribution in [0.4, 0.5) is 0 Å². The molecule has 0 spiro atoms. The van der Waals surface area contributed by atoms with Gasteiger partial charge in [0.2, 0.25) is 0 Å². The molecule has 0 heterocycles. The summed E-state index contributed by atoms with van der Waals surface area (Å²) >= 11 is 0. The van der Waals surface area contributed by atoms with Crippen LogP contribution in [-0.4, -0.2) is 31.1 Å². The van der Waals surface area contributed by atoms with Gasteiger partial charge in [0, 0.05) is 18.1 Å². The minimum atomic E-state index is -1.61. The molecule has 0 aromatic heterocycles. The van der Waals surface area contributed by atoms with Crippen LogP contribution in [0.5, 0.6) is 5.75 Å². The lowest BCUT2D eigenvalue weighted by Crippen LogP contribution is -2.34. The van der Waals surface area contributed by atoms with Gasteiger partial charge in [-0.3, -0.25) is 0 Å². The van der Waals surface area contributed by atoms with Crippen molar-refractivity contribution in [1.29, 1.82) is 0 Å².